The van der Waals surface area contributed by atoms with E-state index in [4.69, 9.17) is 5.11 Å². The third-order valence-electron chi connectivity index (χ3n) is 1.20. The number of carbonyl (C=O) groups is 1. The second kappa shape index (κ2) is 2.79. The fraction of sp³-hybridized carbons (Fsp3) is 0.200. The predicted octanol–water partition coefficient (Wildman–Crippen LogP) is -0.350. The molecule has 0 aliphatic rings. The Bertz CT molecular complexity index is 345. The molecule has 0 aliphatic carbocycles. The third-order valence-corrected chi connectivity index (χ3v) is 1.20. The quantitative estimate of drug-likeness (QED) is 0.619. The van der Waals surface area contributed by atoms with E-state index >= 15 is 0 Å². The molecule has 1 rings (SSSR count). The lowest BCUT2D eigenvalue weighted by atomic mass is 10.2. The number of nitrogens with zero attached hydrogens (tertiary/aromatic N) is 1. The fourth-order valence-electron chi connectivity index (χ4n) is 0.764. The SMILES string of the molecule is Bc1nc(C(F)(F)F)c(C(=O)O)o1. The first-order chi connectivity index (χ1) is 5.82. The van der Waals surface area contributed by atoms with Crippen molar-refractivity contribution in [2.75, 3.05) is 0 Å². The van der Waals surface area contributed by atoms with Crippen LogP contribution < -0.4 is 5.79 Å². The van der Waals surface area contributed by atoms with Gasteiger partial charge >= 0.3 is 12.1 Å². The maximum atomic E-state index is 12.0. The van der Waals surface area contributed by atoms with Gasteiger partial charge < -0.3 is 9.52 Å². The molecule has 1 aromatic rings. The minimum absolute atomic E-state index is 0.329. The van der Waals surface area contributed by atoms with Gasteiger partial charge in [0.15, 0.2) is 5.69 Å². The molecule has 0 radical (unpaired) electrons. The number of halogens is 3. The van der Waals surface area contributed by atoms with E-state index in [-0.39, 0.29) is 5.79 Å². The van der Waals surface area contributed by atoms with Gasteiger partial charge in [-0.25, -0.2) is 9.78 Å². The van der Waals surface area contributed by atoms with Crippen LogP contribution in [-0.4, -0.2) is 23.9 Å². The lowest BCUT2D eigenvalue weighted by molar-refractivity contribution is -0.141. The zero-order valence-corrected chi connectivity index (χ0v) is 6.34. The topological polar surface area (TPSA) is 63.3 Å². The van der Waals surface area contributed by atoms with Crippen LogP contribution in [0.1, 0.15) is 16.2 Å². The second-order valence-corrected chi connectivity index (χ2v) is 2.21. The van der Waals surface area contributed by atoms with Gasteiger partial charge in [0, 0.05) is 0 Å². The Hall–Kier alpha value is -1.47. The number of oxazole rings is 1. The van der Waals surface area contributed by atoms with Gasteiger partial charge in [-0.3, -0.25) is 0 Å². The van der Waals surface area contributed by atoms with Crippen molar-refractivity contribution >= 4 is 19.6 Å². The number of aromatic nitrogens is 1. The van der Waals surface area contributed by atoms with Crippen molar-refractivity contribution < 1.29 is 27.5 Å². The molecular formula is C5H3BF3NO3. The minimum Gasteiger partial charge on any atom is -0.475 e. The van der Waals surface area contributed by atoms with Crippen LogP contribution in [0, 0.1) is 0 Å². The van der Waals surface area contributed by atoms with Crippen LogP contribution in [0.4, 0.5) is 13.2 Å². The molecule has 0 fully saturated rings. The molecule has 0 bridgehead atoms. The summed E-state index contributed by atoms with van der Waals surface area (Å²) < 4.78 is 40.4. The van der Waals surface area contributed by atoms with Crippen molar-refractivity contribution in [3.63, 3.8) is 0 Å². The van der Waals surface area contributed by atoms with Crippen LogP contribution in [0.2, 0.25) is 0 Å². The summed E-state index contributed by atoms with van der Waals surface area (Å²) in [6.45, 7) is 0. The number of hydrogen-bond donors (Lipinski definition) is 1. The van der Waals surface area contributed by atoms with E-state index in [0.29, 0.717) is 0 Å². The first kappa shape index (κ1) is 9.62. The van der Waals surface area contributed by atoms with E-state index < -0.39 is 23.6 Å². The Morgan fingerprint density at radius 3 is 2.38 bits per heavy atom. The van der Waals surface area contributed by atoms with E-state index in [2.05, 4.69) is 9.40 Å². The van der Waals surface area contributed by atoms with Gasteiger partial charge in [0.25, 0.3) is 0 Å². The van der Waals surface area contributed by atoms with Gasteiger partial charge in [0.05, 0.1) is 0 Å². The molecule has 0 aromatic carbocycles. The molecule has 0 atom stereocenters. The lowest BCUT2D eigenvalue weighted by Gasteiger charge is -2.00. The van der Waals surface area contributed by atoms with Gasteiger partial charge in [-0.2, -0.15) is 13.2 Å². The predicted molar refractivity (Wildman–Crippen MR) is 36.6 cm³/mol. The van der Waals surface area contributed by atoms with Gasteiger partial charge in [0.1, 0.15) is 5.79 Å². The molecule has 4 nitrogen and oxygen atoms in total. The molecule has 8 heteroatoms. The Labute approximate surface area is 70.8 Å². The number of hydrogen-bond acceptors (Lipinski definition) is 3. The van der Waals surface area contributed by atoms with Crippen molar-refractivity contribution in [1.82, 2.24) is 4.98 Å². The fourth-order valence-corrected chi connectivity index (χ4v) is 0.764. The van der Waals surface area contributed by atoms with Crippen molar-refractivity contribution in [2.24, 2.45) is 0 Å². The molecule has 0 aliphatic heterocycles. The molecule has 1 N–H and O–H groups in total. The molecule has 0 unspecified atom stereocenters. The van der Waals surface area contributed by atoms with E-state index in [1.807, 2.05) is 0 Å². The van der Waals surface area contributed by atoms with E-state index in [1.54, 1.807) is 0 Å². The molecule has 13 heavy (non-hydrogen) atoms. The van der Waals surface area contributed by atoms with E-state index in [9.17, 15) is 18.0 Å². The Balaban J connectivity index is 3.28. The minimum atomic E-state index is -4.80. The summed E-state index contributed by atoms with van der Waals surface area (Å²) in [5, 5.41) is 8.31. The number of aromatic carboxylic acids is 1. The van der Waals surface area contributed by atoms with Crippen LogP contribution >= 0.6 is 0 Å². The molecule has 0 amide bonds. The molecule has 1 aromatic heterocycles. The Morgan fingerprint density at radius 2 is 2.08 bits per heavy atom. The standard InChI is InChI=1S/C5H3BF3NO3/c6-4-10-2(5(7,8)9)1(13-4)3(11)12/h6H2,(H,11,12). The summed E-state index contributed by atoms with van der Waals surface area (Å²) in [5.41, 5.74) is -1.50. The molecule has 0 saturated heterocycles. The first-order valence-corrected chi connectivity index (χ1v) is 3.10. The first-order valence-electron chi connectivity index (χ1n) is 3.10. The van der Waals surface area contributed by atoms with Crippen LogP contribution in [-0.2, 0) is 6.18 Å². The molecule has 0 saturated carbocycles. The van der Waals surface area contributed by atoms with Crippen LogP contribution in [0.5, 0.6) is 0 Å². The van der Waals surface area contributed by atoms with Crippen molar-refractivity contribution in [3.8, 4) is 0 Å². The Kier molecular flexibility index (Phi) is 2.06. The van der Waals surface area contributed by atoms with Crippen LogP contribution in [0.3, 0.4) is 0 Å². The summed E-state index contributed by atoms with van der Waals surface area (Å²) in [6, 6.07) is 0. The maximum absolute atomic E-state index is 12.0. The highest BCUT2D eigenvalue weighted by molar-refractivity contribution is 6.28. The Morgan fingerprint density at radius 1 is 1.54 bits per heavy atom. The number of alkyl halides is 3. The van der Waals surface area contributed by atoms with Crippen LogP contribution in [0.25, 0.3) is 0 Å². The molecule has 70 valence electrons. The number of rotatable bonds is 1. The monoisotopic (exact) mass is 193 g/mol. The number of carboxylic acid groups (broad SMARTS) is 1. The number of carboxylic acids is 1. The smallest absolute Gasteiger partial charge is 0.437 e. The largest absolute Gasteiger partial charge is 0.475 e. The van der Waals surface area contributed by atoms with Crippen molar-refractivity contribution in [3.05, 3.63) is 11.5 Å². The average molecular weight is 193 g/mol. The highest BCUT2D eigenvalue weighted by Gasteiger charge is 2.40. The van der Waals surface area contributed by atoms with Crippen molar-refractivity contribution in [1.29, 1.82) is 0 Å². The summed E-state index contributed by atoms with van der Waals surface area (Å²) in [7, 11) is 1.14. The molecule has 1 heterocycles. The normalized spacial score (nSPS) is 11.6. The van der Waals surface area contributed by atoms with E-state index in [1.165, 1.54) is 0 Å². The zero-order valence-electron chi connectivity index (χ0n) is 6.34. The van der Waals surface area contributed by atoms with Crippen molar-refractivity contribution in [2.45, 2.75) is 6.18 Å². The van der Waals surface area contributed by atoms with Gasteiger partial charge in [0.2, 0.25) is 13.6 Å². The highest BCUT2D eigenvalue weighted by atomic mass is 19.4. The summed E-state index contributed by atoms with van der Waals surface area (Å²) in [4.78, 5) is 13.2. The third kappa shape index (κ3) is 1.82. The molecule has 0 spiro atoms. The maximum Gasteiger partial charge on any atom is 0.437 e. The van der Waals surface area contributed by atoms with Gasteiger partial charge in [-0.05, 0) is 0 Å². The van der Waals surface area contributed by atoms with Crippen LogP contribution in [0.15, 0.2) is 4.42 Å². The lowest BCUT2D eigenvalue weighted by Crippen LogP contribution is -2.12. The second-order valence-electron chi connectivity index (χ2n) is 2.21. The zero-order chi connectivity index (χ0) is 10.2. The van der Waals surface area contributed by atoms with E-state index in [0.717, 1.165) is 7.85 Å². The summed E-state index contributed by atoms with van der Waals surface area (Å²) >= 11 is 0. The highest BCUT2D eigenvalue weighted by Crippen LogP contribution is 2.29. The summed E-state index contributed by atoms with van der Waals surface area (Å²) in [5.74, 6) is -3.29. The van der Waals surface area contributed by atoms with Gasteiger partial charge in [-0.15, -0.1) is 0 Å². The van der Waals surface area contributed by atoms with Gasteiger partial charge in [-0.1, -0.05) is 0 Å². The molecular weight excluding hydrogens is 190 g/mol. The average Bonchev–Trinajstić information content (AvgIpc) is 2.29. The summed E-state index contributed by atoms with van der Waals surface area (Å²) in [6.07, 6.45) is -4.80.